The van der Waals surface area contributed by atoms with E-state index in [9.17, 15) is 5.11 Å². The monoisotopic (exact) mass is 255 g/mol. The number of methoxy groups -OCH3 is 1. The first kappa shape index (κ1) is 11.9. The Labute approximate surface area is 112 Å². The maximum absolute atomic E-state index is 9.61. The van der Waals surface area contributed by atoms with E-state index in [4.69, 9.17) is 4.74 Å². The van der Waals surface area contributed by atoms with Gasteiger partial charge in [-0.1, -0.05) is 30.3 Å². The Morgan fingerprint density at radius 1 is 1.11 bits per heavy atom. The lowest BCUT2D eigenvalue weighted by Gasteiger charge is -2.20. The van der Waals surface area contributed by atoms with Crippen LogP contribution in [0.25, 0.3) is 0 Å². The van der Waals surface area contributed by atoms with Gasteiger partial charge in [-0.3, -0.25) is 0 Å². The summed E-state index contributed by atoms with van der Waals surface area (Å²) in [5.41, 5.74) is 2.32. The molecule has 2 aromatic carbocycles. The number of rotatable bonds is 4. The maximum Gasteiger partial charge on any atom is 0.162 e. The van der Waals surface area contributed by atoms with Crippen LogP contribution in [0.4, 0.5) is 5.69 Å². The van der Waals surface area contributed by atoms with Gasteiger partial charge in [0, 0.05) is 11.8 Å². The van der Waals surface area contributed by atoms with Gasteiger partial charge in [0.2, 0.25) is 0 Å². The Hall–Kier alpha value is -2.16. The van der Waals surface area contributed by atoms with Crippen LogP contribution >= 0.6 is 0 Å². The third kappa shape index (κ3) is 2.24. The number of anilines is 1. The smallest absolute Gasteiger partial charge is 0.162 e. The number of phenolic OH excluding ortho intramolecular Hbond substituents is 1. The number of benzene rings is 2. The van der Waals surface area contributed by atoms with Gasteiger partial charge in [0.05, 0.1) is 12.6 Å². The van der Waals surface area contributed by atoms with E-state index in [-0.39, 0.29) is 11.3 Å². The molecule has 0 radical (unpaired) electrons. The highest BCUT2D eigenvalue weighted by molar-refractivity contribution is 5.57. The second-order valence-electron chi connectivity index (χ2n) is 4.96. The molecule has 0 atom stereocenters. The molecule has 1 aliphatic carbocycles. The molecule has 0 heterocycles. The van der Waals surface area contributed by atoms with E-state index in [1.165, 1.54) is 5.56 Å². The van der Waals surface area contributed by atoms with Crippen molar-refractivity contribution >= 4 is 5.69 Å². The van der Waals surface area contributed by atoms with Crippen LogP contribution in [0.5, 0.6) is 11.5 Å². The van der Waals surface area contributed by atoms with Gasteiger partial charge in [-0.25, -0.2) is 0 Å². The predicted molar refractivity (Wildman–Crippen MR) is 75.6 cm³/mol. The van der Waals surface area contributed by atoms with Gasteiger partial charge < -0.3 is 15.2 Å². The summed E-state index contributed by atoms with van der Waals surface area (Å²) in [6.07, 6.45) is 2.25. The van der Waals surface area contributed by atoms with Crippen molar-refractivity contribution in [3.63, 3.8) is 0 Å². The van der Waals surface area contributed by atoms with Crippen LogP contribution in [-0.2, 0) is 5.54 Å². The summed E-state index contributed by atoms with van der Waals surface area (Å²) in [6.45, 7) is 0. The lowest BCUT2D eigenvalue weighted by molar-refractivity contribution is 0.373. The molecule has 3 rings (SSSR count). The number of hydrogen-bond donors (Lipinski definition) is 2. The van der Waals surface area contributed by atoms with Crippen LogP contribution in [0.1, 0.15) is 18.4 Å². The third-order valence-corrected chi connectivity index (χ3v) is 3.64. The standard InChI is InChI=1S/C16H17NO2/c1-19-15-11-13(7-8-14(15)18)17-16(9-10-16)12-5-3-2-4-6-12/h2-8,11,17-18H,9-10H2,1H3. The molecule has 2 aromatic rings. The second kappa shape index (κ2) is 4.50. The number of ether oxygens (including phenoxy) is 1. The van der Waals surface area contributed by atoms with Crippen LogP contribution < -0.4 is 10.1 Å². The highest BCUT2D eigenvalue weighted by atomic mass is 16.5. The highest BCUT2D eigenvalue weighted by Gasteiger charge is 2.44. The van der Waals surface area contributed by atoms with E-state index in [2.05, 4.69) is 29.6 Å². The van der Waals surface area contributed by atoms with Crippen LogP contribution in [0, 0.1) is 0 Å². The Morgan fingerprint density at radius 2 is 1.84 bits per heavy atom. The Morgan fingerprint density at radius 3 is 2.47 bits per heavy atom. The average Bonchev–Trinajstić information content (AvgIpc) is 3.23. The summed E-state index contributed by atoms with van der Waals surface area (Å²) < 4.78 is 5.14. The van der Waals surface area contributed by atoms with E-state index in [0.717, 1.165) is 18.5 Å². The van der Waals surface area contributed by atoms with E-state index < -0.39 is 0 Å². The van der Waals surface area contributed by atoms with Crippen LogP contribution in [0.3, 0.4) is 0 Å². The topological polar surface area (TPSA) is 41.5 Å². The minimum atomic E-state index is 0.0449. The van der Waals surface area contributed by atoms with Crippen molar-refractivity contribution in [2.75, 3.05) is 12.4 Å². The molecular weight excluding hydrogens is 238 g/mol. The van der Waals surface area contributed by atoms with Crippen molar-refractivity contribution in [2.24, 2.45) is 0 Å². The SMILES string of the molecule is COc1cc(NC2(c3ccccc3)CC2)ccc1O. The molecule has 98 valence electrons. The molecular formula is C16H17NO2. The first-order chi connectivity index (χ1) is 9.23. The Balaban J connectivity index is 1.86. The zero-order valence-electron chi connectivity index (χ0n) is 10.9. The fourth-order valence-corrected chi connectivity index (χ4v) is 2.40. The third-order valence-electron chi connectivity index (χ3n) is 3.64. The molecule has 3 nitrogen and oxygen atoms in total. The van der Waals surface area contributed by atoms with Gasteiger partial charge >= 0.3 is 0 Å². The van der Waals surface area contributed by atoms with E-state index in [1.807, 2.05) is 18.2 Å². The van der Waals surface area contributed by atoms with E-state index in [0.29, 0.717) is 5.75 Å². The fourth-order valence-electron chi connectivity index (χ4n) is 2.40. The van der Waals surface area contributed by atoms with Crippen LogP contribution in [0.15, 0.2) is 48.5 Å². The molecule has 0 saturated heterocycles. The van der Waals surface area contributed by atoms with Gasteiger partial charge in [0.15, 0.2) is 11.5 Å². The number of aromatic hydroxyl groups is 1. The molecule has 0 bridgehead atoms. The predicted octanol–water partition coefficient (Wildman–Crippen LogP) is 3.50. The molecule has 19 heavy (non-hydrogen) atoms. The molecule has 2 N–H and O–H groups in total. The Bertz CT molecular complexity index is 577. The minimum absolute atomic E-state index is 0.0449. The van der Waals surface area contributed by atoms with Gasteiger partial charge in [0.1, 0.15) is 0 Å². The summed E-state index contributed by atoms with van der Waals surface area (Å²) in [5.74, 6) is 0.659. The molecule has 0 spiro atoms. The molecule has 3 heteroatoms. The van der Waals surface area contributed by atoms with Crippen molar-refractivity contribution in [1.29, 1.82) is 0 Å². The van der Waals surface area contributed by atoms with Crippen LogP contribution in [-0.4, -0.2) is 12.2 Å². The van der Waals surface area contributed by atoms with Crippen LogP contribution in [0.2, 0.25) is 0 Å². The molecule has 0 unspecified atom stereocenters. The number of hydrogen-bond acceptors (Lipinski definition) is 3. The molecule has 1 fully saturated rings. The molecule has 0 aliphatic heterocycles. The molecule has 1 saturated carbocycles. The molecule has 1 aliphatic rings. The summed E-state index contributed by atoms with van der Waals surface area (Å²) >= 11 is 0. The Kier molecular flexibility index (Phi) is 2.82. The first-order valence-electron chi connectivity index (χ1n) is 6.44. The number of nitrogens with one attached hydrogen (secondary N) is 1. The van der Waals surface area contributed by atoms with Crippen molar-refractivity contribution < 1.29 is 9.84 Å². The van der Waals surface area contributed by atoms with Gasteiger partial charge in [-0.05, 0) is 30.5 Å². The van der Waals surface area contributed by atoms with Gasteiger partial charge in [-0.2, -0.15) is 0 Å². The lowest BCUT2D eigenvalue weighted by Crippen LogP contribution is -2.18. The summed E-state index contributed by atoms with van der Waals surface area (Å²) in [5, 5.41) is 13.2. The second-order valence-corrected chi connectivity index (χ2v) is 4.96. The normalized spacial score (nSPS) is 15.8. The van der Waals surface area contributed by atoms with Gasteiger partial charge in [-0.15, -0.1) is 0 Å². The van der Waals surface area contributed by atoms with Crippen molar-refractivity contribution in [1.82, 2.24) is 0 Å². The largest absolute Gasteiger partial charge is 0.504 e. The van der Waals surface area contributed by atoms with Crippen molar-refractivity contribution in [3.05, 3.63) is 54.1 Å². The highest BCUT2D eigenvalue weighted by Crippen LogP contribution is 2.48. The zero-order valence-corrected chi connectivity index (χ0v) is 10.9. The lowest BCUT2D eigenvalue weighted by atomic mass is 10.0. The summed E-state index contributed by atoms with van der Waals surface area (Å²) in [6, 6.07) is 15.8. The van der Waals surface area contributed by atoms with Crippen molar-refractivity contribution in [2.45, 2.75) is 18.4 Å². The summed E-state index contributed by atoms with van der Waals surface area (Å²) in [7, 11) is 1.56. The minimum Gasteiger partial charge on any atom is -0.504 e. The fraction of sp³-hybridized carbons (Fsp3) is 0.250. The van der Waals surface area contributed by atoms with Crippen molar-refractivity contribution in [3.8, 4) is 11.5 Å². The maximum atomic E-state index is 9.61. The first-order valence-corrected chi connectivity index (χ1v) is 6.44. The quantitative estimate of drug-likeness (QED) is 0.821. The molecule has 0 amide bonds. The number of phenols is 1. The summed E-state index contributed by atoms with van der Waals surface area (Å²) in [4.78, 5) is 0. The van der Waals surface area contributed by atoms with E-state index in [1.54, 1.807) is 13.2 Å². The van der Waals surface area contributed by atoms with Gasteiger partial charge in [0.25, 0.3) is 0 Å². The molecule has 0 aromatic heterocycles. The zero-order chi connectivity index (χ0) is 13.3. The van der Waals surface area contributed by atoms with E-state index >= 15 is 0 Å². The average molecular weight is 255 g/mol.